The van der Waals surface area contributed by atoms with Crippen LogP contribution >= 0.6 is 0 Å². The first-order chi connectivity index (χ1) is 11.4. The van der Waals surface area contributed by atoms with Gasteiger partial charge in [0.25, 0.3) is 0 Å². The smallest absolute Gasteiger partial charge is 0.410 e. The lowest BCUT2D eigenvalue weighted by Gasteiger charge is -2.30. The van der Waals surface area contributed by atoms with E-state index in [1.165, 1.54) is 0 Å². The minimum atomic E-state index is -0.846. The van der Waals surface area contributed by atoms with Crippen LogP contribution in [0.25, 0.3) is 0 Å². The van der Waals surface area contributed by atoms with Gasteiger partial charge in [0.2, 0.25) is 0 Å². The van der Waals surface area contributed by atoms with Crippen LogP contribution in [0, 0.1) is 0 Å². The monoisotopic (exact) mass is 327 g/mol. The Morgan fingerprint density at radius 2 is 1.46 bits per heavy atom. The zero-order chi connectivity index (χ0) is 17.7. The number of carbonyl (C=O) groups is 1. The quantitative estimate of drug-likeness (QED) is 0.886. The summed E-state index contributed by atoms with van der Waals surface area (Å²) in [6.07, 6.45) is -1.26. The topological polar surface area (TPSA) is 49.8 Å². The van der Waals surface area contributed by atoms with Crippen molar-refractivity contribution in [1.82, 2.24) is 4.90 Å². The molecule has 2 aromatic carbocycles. The Hall–Kier alpha value is -2.33. The number of rotatable bonds is 5. The van der Waals surface area contributed by atoms with Gasteiger partial charge in [-0.25, -0.2) is 4.79 Å². The number of aliphatic hydroxyl groups excluding tert-OH is 1. The fourth-order valence-corrected chi connectivity index (χ4v) is 2.78. The van der Waals surface area contributed by atoms with Gasteiger partial charge in [0.05, 0.1) is 0 Å². The predicted octanol–water partition coefficient (Wildman–Crippen LogP) is 4.39. The summed E-state index contributed by atoms with van der Waals surface area (Å²) in [6, 6.07) is 16.5. The van der Waals surface area contributed by atoms with E-state index >= 15 is 0 Å². The molecule has 1 atom stereocenters. The first-order valence-corrected chi connectivity index (χ1v) is 8.24. The highest BCUT2D eigenvalue weighted by molar-refractivity contribution is 5.72. The van der Waals surface area contributed by atoms with Gasteiger partial charge in [0, 0.05) is 17.6 Å². The number of nitrogens with zero attached hydrogens (tertiary/aromatic N) is 1. The lowest BCUT2D eigenvalue weighted by Crippen LogP contribution is -2.43. The Morgan fingerprint density at radius 1 is 0.917 bits per heavy atom. The molecule has 1 N–H and O–H groups in total. The second-order valence-corrected chi connectivity index (χ2v) is 6.31. The van der Waals surface area contributed by atoms with E-state index in [0.29, 0.717) is 11.3 Å². The van der Waals surface area contributed by atoms with Crippen LogP contribution in [0.3, 0.4) is 0 Å². The van der Waals surface area contributed by atoms with Crippen LogP contribution in [-0.4, -0.2) is 28.2 Å². The fraction of sp³-hybridized carbons (Fsp3) is 0.350. The van der Waals surface area contributed by atoms with Crippen molar-refractivity contribution in [3.8, 4) is 5.75 Å². The highest BCUT2D eigenvalue weighted by Gasteiger charge is 2.24. The predicted molar refractivity (Wildman–Crippen MR) is 95.1 cm³/mol. The molecule has 0 bridgehead atoms. The van der Waals surface area contributed by atoms with E-state index < -0.39 is 12.2 Å². The number of aliphatic hydroxyl groups is 1. The van der Waals surface area contributed by atoms with E-state index in [4.69, 9.17) is 4.74 Å². The van der Waals surface area contributed by atoms with E-state index in [2.05, 4.69) is 0 Å². The first kappa shape index (κ1) is 18.0. The Morgan fingerprint density at radius 3 is 2.04 bits per heavy atom. The molecule has 0 fully saturated rings. The summed E-state index contributed by atoms with van der Waals surface area (Å²) in [6.45, 7) is 7.80. The van der Waals surface area contributed by atoms with Crippen LogP contribution in [-0.2, 0) is 0 Å². The maximum Gasteiger partial charge on any atom is 0.415 e. The maximum absolute atomic E-state index is 12.5. The summed E-state index contributed by atoms with van der Waals surface area (Å²) < 4.78 is 5.60. The van der Waals surface area contributed by atoms with Crippen LogP contribution in [0.5, 0.6) is 5.75 Å². The van der Waals surface area contributed by atoms with Gasteiger partial charge < -0.3 is 14.7 Å². The summed E-state index contributed by atoms with van der Waals surface area (Å²) in [5.41, 5.74) is 1.33. The first-order valence-electron chi connectivity index (χ1n) is 8.24. The molecule has 0 saturated heterocycles. The van der Waals surface area contributed by atoms with Crippen LogP contribution < -0.4 is 4.74 Å². The average molecular weight is 327 g/mol. The molecule has 24 heavy (non-hydrogen) atoms. The molecule has 2 aromatic rings. The van der Waals surface area contributed by atoms with Crippen molar-refractivity contribution >= 4 is 6.09 Å². The van der Waals surface area contributed by atoms with Gasteiger partial charge in [-0.3, -0.25) is 0 Å². The number of ether oxygens (including phenoxy) is 1. The molecule has 0 heterocycles. The molecule has 0 aromatic heterocycles. The van der Waals surface area contributed by atoms with Crippen LogP contribution in [0.4, 0.5) is 4.79 Å². The van der Waals surface area contributed by atoms with Gasteiger partial charge >= 0.3 is 6.09 Å². The highest BCUT2D eigenvalue weighted by Crippen LogP contribution is 2.30. The van der Waals surface area contributed by atoms with Crippen LogP contribution in [0.2, 0.25) is 0 Å². The number of amides is 1. The van der Waals surface area contributed by atoms with Gasteiger partial charge in [0.15, 0.2) is 0 Å². The molecular formula is C20H25NO3. The van der Waals surface area contributed by atoms with Gasteiger partial charge in [-0.15, -0.1) is 0 Å². The van der Waals surface area contributed by atoms with Crippen LogP contribution in [0.15, 0.2) is 54.6 Å². The third kappa shape index (κ3) is 4.15. The van der Waals surface area contributed by atoms with Crippen molar-refractivity contribution in [3.05, 3.63) is 65.7 Å². The van der Waals surface area contributed by atoms with E-state index in [0.717, 1.165) is 5.56 Å². The van der Waals surface area contributed by atoms with Crippen molar-refractivity contribution in [2.45, 2.75) is 45.9 Å². The Labute approximate surface area is 143 Å². The SMILES string of the molecule is CC(C)N(C(=O)Oc1ccccc1C(O)c1ccccc1)C(C)C. The number of hydrogen-bond donors (Lipinski definition) is 1. The zero-order valence-corrected chi connectivity index (χ0v) is 14.6. The lowest BCUT2D eigenvalue weighted by atomic mass is 10.0. The van der Waals surface area contributed by atoms with Gasteiger partial charge in [-0.05, 0) is 39.3 Å². The van der Waals surface area contributed by atoms with Crippen molar-refractivity contribution in [3.63, 3.8) is 0 Å². The molecule has 2 rings (SSSR count). The minimum absolute atomic E-state index is 0.0312. The molecule has 0 spiro atoms. The summed E-state index contributed by atoms with van der Waals surface area (Å²) in [4.78, 5) is 14.2. The number of carbonyl (C=O) groups excluding carboxylic acids is 1. The third-order valence-electron chi connectivity index (χ3n) is 3.85. The second kappa shape index (κ2) is 7.97. The standard InChI is InChI=1S/C20H25NO3/c1-14(2)21(15(3)4)20(23)24-18-13-9-8-12-17(18)19(22)16-10-6-5-7-11-16/h5-15,19,22H,1-4H3. The van der Waals surface area contributed by atoms with Crippen molar-refractivity contribution in [2.75, 3.05) is 0 Å². The molecule has 0 aliphatic heterocycles. The lowest BCUT2D eigenvalue weighted by molar-refractivity contribution is 0.121. The molecule has 1 unspecified atom stereocenters. The Kier molecular flexibility index (Phi) is 5.99. The van der Waals surface area contributed by atoms with Gasteiger partial charge in [0.1, 0.15) is 11.9 Å². The second-order valence-electron chi connectivity index (χ2n) is 6.31. The zero-order valence-electron chi connectivity index (χ0n) is 14.6. The number of para-hydroxylation sites is 1. The van der Waals surface area contributed by atoms with Gasteiger partial charge in [-0.2, -0.15) is 0 Å². The minimum Gasteiger partial charge on any atom is -0.410 e. The molecule has 0 aliphatic rings. The molecule has 128 valence electrons. The van der Waals surface area contributed by atoms with E-state index in [1.54, 1.807) is 23.1 Å². The van der Waals surface area contributed by atoms with Crippen molar-refractivity contribution in [2.24, 2.45) is 0 Å². The highest BCUT2D eigenvalue weighted by atomic mass is 16.6. The fourth-order valence-electron chi connectivity index (χ4n) is 2.78. The average Bonchev–Trinajstić information content (AvgIpc) is 2.54. The van der Waals surface area contributed by atoms with Gasteiger partial charge in [-0.1, -0.05) is 48.5 Å². The van der Waals surface area contributed by atoms with Crippen molar-refractivity contribution < 1.29 is 14.6 Å². The summed E-state index contributed by atoms with van der Waals surface area (Å²) in [5, 5.41) is 10.6. The molecule has 4 heteroatoms. The maximum atomic E-state index is 12.5. The molecule has 0 saturated carbocycles. The largest absolute Gasteiger partial charge is 0.415 e. The summed E-state index contributed by atoms with van der Waals surface area (Å²) in [5.74, 6) is 0.380. The molecular weight excluding hydrogens is 302 g/mol. The molecule has 0 aliphatic carbocycles. The third-order valence-corrected chi connectivity index (χ3v) is 3.85. The molecule has 0 radical (unpaired) electrons. The van der Waals surface area contributed by atoms with E-state index in [-0.39, 0.29) is 12.1 Å². The molecule has 1 amide bonds. The number of benzene rings is 2. The number of hydrogen-bond acceptors (Lipinski definition) is 3. The normalized spacial score (nSPS) is 12.3. The van der Waals surface area contributed by atoms with E-state index in [1.807, 2.05) is 64.1 Å². The van der Waals surface area contributed by atoms with E-state index in [9.17, 15) is 9.90 Å². The van der Waals surface area contributed by atoms with Crippen LogP contribution in [0.1, 0.15) is 44.9 Å². The molecule has 4 nitrogen and oxygen atoms in total. The Bertz CT molecular complexity index is 660. The Balaban J connectivity index is 2.28. The summed E-state index contributed by atoms with van der Waals surface area (Å²) in [7, 11) is 0. The summed E-state index contributed by atoms with van der Waals surface area (Å²) >= 11 is 0. The van der Waals surface area contributed by atoms with Crippen molar-refractivity contribution in [1.29, 1.82) is 0 Å².